The molecular formula is C32H51ClO6SSi. The molecule has 1 aromatic rings. The van der Waals surface area contributed by atoms with Crippen molar-refractivity contribution in [3.05, 3.63) is 34.0 Å². The average molecular weight is 627 g/mol. The maximum Gasteiger partial charge on any atom is 0.345 e. The summed E-state index contributed by atoms with van der Waals surface area (Å²) in [6.07, 6.45) is 12.3. The van der Waals surface area contributed by atoms with Gasteiger partial charge in [-0.1, -0.05) is 26.8 Å². The van der Waals surface area contributed by atoms with Crippen LogP contribution in [-0.4, -0.2) is 55.7 Å². The zero-order chi connectivity index (χ0) is 30.2. The molecule has 2 aliphatic rings. The first-order chi connectivity index (χ1) is 19.3. The molecule has 9 heteroatoms. The Labute approximate surface area is 257 Å². The van der Waals surface area contributed by atoms with Gasteiger partial charge in [0.15, 0.2) is 20.4 Å². The van der Waals surface area contributed by atoms with Crippen molar-refractivity contribution in [2.75, 3.05) is 6.61 Å². The lowest BCUT2D eigenvalue weighted by molar-refractivity contribution is -0.192. The van der Waals surface area contributed by atoms with E-state index in [1.54, 1.807) is 12.1 Å². The largest absolute Gasteiger partial charge is 0.477 e. The molecule has 1 unspecified atom stereocenters. The van der Waals surface area contributed by atoms with Gasteiger partial charge in [0.2, 0.25) is 0 Å². The fourth-order valence-electron chi connectivity index (χ4n) is 5.61. The zero-order valence-corrected chi connectivity index (χ0v) is 28.4. The Morgan fingerprint density at radius 3 is 2.63 bits per heavy atom. The number of carbonyl (C=O) groups is 2. The zero-order valence-electron chi connectivity index (χ0n) is 25.8. The molecule has 1 N–H and O–H groups in total. The van der Waals surface area contributed by atoms with Crippen LogP contribution in [0.4, 0.5) is 0 Å². The molecule has 1 aliphatic carbocycles. The number of ether oxygens (including phenoxy) is 2. The van der Waals surface area contributed by atoms with Crippen LogP contribution >= 0.6 is 22.9 Å². The van der Waals surface area contributed by atoms with E-state index in [1.165, 1.54) is 11.3 Å². The number of ketones is 1. The van der Waals surface area contributed by atoms with Crippen LogP contribution in [0.15, 0.2) is 24.3 Å². The molecular weight excluding hydrogens is 576 g/mol. The molecule has 1 saturated heterocycles. The maximum absolute atomic E-state index is 12.9. The van der Waals surface area contributed by atoms with E-state index in [0.29, 0.717) is 11.3 Å². The number of carboxylic acids is 1. The van der Waals surface area contributed by atoms with Gasteiger partial charge in [0.25, 0.3) is 0 Å². The third kappa shape index (κ3) is 10.6. The highest BCUT2D eigenvalue weighted by atomic mass is 35.5. The summed E-state index contributed by atoms with van der Waals surface area (Å²) in [5.74, 6) is -0.513. The molecule has 2 heterocycles. The molecule has 6 atom stereocenters. The summed E-state index contributed by atoms with van der Waals surface area (Å²) in [5, 5.41) is 9.35. The predicted molar refractivity (Wildman–Crippen MR) is 170 cm³/mol. The van der Waals surface area contributed by atoms with Crippen molar-refractivity contribution in [2.24, 2.45) is 11.8 Å². The molecule has 6 nitrogen and oxygen atoms in total. The lowest BCUT2D eigenvalue weighted by Crippen LogP contribution is -2.43. The van der Waals surface area contributed by atoms with E-state index in [0.717, 1.165) is 69.3 Å². The van der Waals surface area contributed by atoms with Gasteiger partial charge in [-0.2, -0.15) is 0 Å². The van der Waals surface area contributed by atoms with Crippen molar-refractivity contribution in [1.29, 1.82) is 0 Å². The minimum absolute atomic E-state index is 0.0420. The maximum atomic E-state index is 12.9. The lowest BCUT2D eigenvalue weighted by Gasteiger charge is -2.38. The quantitative estimate of drug-likeness (QED) is 0.119. The van der Waals surface area contributed by atoms with E-state index in [2.05, 4.69) is 40.8 Å². The summed E-state index contributed by atoms with van der Waals surface area (Å²) < 4.78 is 18.8. The molecule has 2 fully saturated rings. The van der Waals surface area contributed by atoms with Gasteiger partial charge in [0, 0.05) is 35.3 Å². The number of rotatable bonds is 15. The highest BCUT2D eigenvalue weighted by Gasteiger charge is 2.43. The number of hydrogen-bond acceptors (Lipinski definition) is 6. The number of thiophene rings is 1. The first kappa shape index (κ1) is 34.5. The molecule has 0 radical (unpaired) electrons. The smallest absolute Gasteiger partial charge is 0.345 e. The van der Waals surface area contributed by atoms with Crippen molar-refractivity contribution < 1.29 is 28.6 Å². The van der Waals surface area contributed by atoms with Gasteiger partial charge in [0.05, 0.1) is 6.10 Å². The van der Waals surface area contributed by atoms with E-state index in [1.807, 2.05) is 12.1 Å². The summed E-state index contributed by atoms with van der Waals surface area (Å²) in [6.45, 7) is 14.1. The molecule has 1 aromatic heterocycles. The van der Waals surface area contributed by atoms with Crippen LogP contribution in [-0.2, 0) is 25.1 Å². The fourth-order valence-corrected chi connectivity index (χ4v) is 8.45. The third-order valence-electron chi connectivity index (χ3n) is 8.98. The Kier molecular flexibility index (Phi) is 13.1. The summed E-state index contributed by atoms with van der Waals surface area (Å²) in [7, 11) is -1.82. The molecule has 0 bridgehead atoms. The number of alkyl halides is 1. The Morgan fingerprint density at radius 2 is 2.00 bits per heavy atom. The van der Waals surface area contributed by atoms with Gasteiger partial charge < -0.3 is 19.0 Å². The molecule has 0 amide bonds. The minimum atomic E-state index is -1.82. The lowest BCUT2D eigenvalue weighted by atomic mass is 9.89. The number of aromatic carboxylic acids is 1. The van der Waals surface area contributed by atoms with Crippen molar-refractivity contribution in [1.82, 2.24) is 0 Å². The average Bonchev–Trinajstić information content (AvgIpc) is 3.47. The SMILES string of the molecule is C[C@H](CCCC(=O)C=C[C@@H]1[C@@H](CCCc2ccc(C(=O)O)s2)[C@H](Cl)C[C@H]1OC1CCCCO1)O[Si](C)(C)C(C)(C)C. The van der Waals surface area contributed by atoms with E-state index in [9.17, 15) is 14.7 Å². The molecule has 0 spiro atoms. The number of carboxylic acid groups (broad SMARTS) is 1. The molecule has 41 heavy (non-hydrogen) atoms. The molecule has 1 aliphatic heterocycles. The summed E-state index contributed by atoms with van der Waals surface area (Å²) in [6, 6.07) is 3.58. The molecule has 0 aromatic carbocycles. The van der Waals surface area contributed by atoms with Gasteiger partial charge in [-0.05, 0) is 107 Å². The van der Waals surface area contributed by atoms with Crippen molar-refractivity contribution in [3.8, 4) is 0 Å². The molecule has 232 valence electrons. The standard InChI is InChI=1S/C32H51ClO6SSi/c1-22(39-41(5,6)32(2,3)4)11-9-12-23(34)16-18-26-25(14-10-13-24-17-19-29(40-24)31(35)36)27(33)21-28(26)38-30-15-7-8-20-37-30/h16-19,22,25-28,30H,7-15,20-21H2,1-6H3,(H,35,36)/t22-,25-,26-,27-,28-,30?/m1/s1. The first-order valence-corrected chi connectivity index (χ1v) is 19.5. The second-order valence-electron chi connectivity index (χ2n) is 13.3. The Balaban J connectivity index is 1.57. The Hall–Kier alpha value is -1.03. The topological polar surface area (TPSA) is 82.1 Å². The number of aryl methyl sites for hydroxylation is 1. The van der Waals surface area contributed by atoms with Crippen LogP contribution in [0.3, 0.4) is 0 Å². The van der Waals surface area contributed by atoms with Gasteiger partial charge in [-0.3, -0.25) is 4.79 Å². The van der Waals surface area contributed by atoms with E-state index in [4.69, 9.17) is 25.5 Å². The number of carbonyl (C=O) groups excluding carboxylic acids is 1. The third-order valence-corrected chi connectivity index (χ3v) is 15.2. The van der Waals surface area contributed by atoms with Gasteiger partial charge in [-0.25, -0.2) is 4.79 Å². The highest BCUT2D eigenvalue weighted by molar-refractivity contribution is 7.13. The van der Waals surface area contributed by atoms with Crippen LogP contribution in [0.1, 0.15) is 100 Å². The van der Waals surface area contributed by atoms with Gasteiger partial charge in [0.1, 0.15) is 4.88 Å². The van der Waals surface area contributed by atoms with Crippen LogP contribution in [0.5, 0.6) is 0 Å². The summed E-state index contributed by atoms with van der Waals surface area (Å²) >= 11 is 8.24. The van der Waals surface area contributed by atoms with Gasteiger partial charge in [-0.15, -0.1) is 22.9 Å². The van der Waals surface area contributed by atoms with Crippen LogP contribution in [0, 0.1) is 11.8 Å². The minimum Gasteiger partial charge on any atom is -0.477 e. The first-order valence-electron chi connectivity index (χ1n) is 15.4. The molecule has 3 rings (SSSR count). The number of allylic oxidation sites excluding steroid dienone is 1. The van der Waals surface area contributed by atoms with Crippen molar-refractivity contribution >= 4 is 43.0 Å². The second-order valence-corrected chi connectivity index (χ2v) is 19.8. The van der Waals surface area contributed by atoms with E-state index in [-0.39, 0.29) is 46.5 Å². The number of hydrogen-bond donors (Lipinski definition) is 1. The van der Waals surface area contributed by atoms with E-state index < -0.39 is 14.3 Å². The second kappa shape index (κ2) is 15.6. The Bertz CT molecular complexity index is 1010. The van der Waals surface area contributed by atoms with Crippen LogP contribution < -0.4 is 0 Å². The van der Waals surface area contributed by atoms with Gasteiger partial charge >= 0.3 is 5.97 Å². The van der Waals surface area contributed by atoms with Crippen molar-refractivity contribution in [2.45, 2.75) is 134 Å². The van der Waals surface area contributed by atoms with E-state index >= 15 is 0 Å². The van der Waals surface area contributed by atoms with Crippen LogP contribution in [0.2, 0.25) is 18.1 Å². The number of halogens is 1. The molecule has 1 saturated carbocycles. The highest BCUT2D eigenvalue weighted by Crippen LogP contribution is 2.43. The van der Waals surface area contributed by atoms with Crippen molar-refractivity contribution in [3.63, 3.8) is 0 Å². The monoisotopic (exact) mass is 626 g/mol. The summed E-state index contributed by atoms with van der Waals surface area (Å²) in [5.41, 5.74) is 0. The predicted octanol–water partition coefficient (Wildman–Crippen LogP) is 8.63. The Morgan fingerprint density at radius 1 is 1.24 bits per heavy atom. The fraction of sp³-hybridized carbons (Fsp3) is 0.750. The van der Waals surface area contributed by atoms with Crippen LogP contribution in [0.25, 0.3) is 0 Å². The normalized spacial score (nSPS) is 26.5. The summed E-state index contributed by atoms with van der Waals surface area (Å²) in [4.78, 5) is 25.6.